The number of ketones is 1. The third kappa shape index (κ3) is 8.86. The Hall–Kier alpha value is -5.80. The minimum atomic E-state index is -0.715. The molecule has 4 heterocycles. The second-order valence-corrected chi connectivity index (χ2v) is 13.3. The number of nitrogens with one attached hydrogen (secondary N) is 3. The second-order valence-electron chi connectivity index (χ2n) is 13.3. The summed E-state index contributed by atoms with van der Waals surface area (Å²) in [6.07, 6.45) is 7.83. The van der Waals surface area contributed by atoms with Crippen molar-refractivity contribution in [3.63, 3.8) is 0 Å². The number of benzene rings is 2. The van der Waals surface area contributed by atoms with Gasteiger partial charge in [0, 0.05) is 62.7 Å². The molecular weight excluding hydrogens is 698 g/mol. The van der Waals surface area contributed by atoms with E-state index in [1.807, 2.05) is 6.07 Å². The van der Waals surface area contributed by atoms with Crippen LogP contribution in [-0.4, -0.2) is 102 Å². The van der Waals surface area contributed by atoms with Crippen LogP contribution >= 0.6 is 0 Å². The van der Waals surface area contributed by atoms with E-state index in [1.165, 1.54) is 22.0 Å². The number of carbonyl (C=O) groups excluding carboxylic acids is 8. The highest BCUT2D eigenvalue weighted by atomic mass is 16.5. The van der Waals surface area contributed by atoms with E-state index in [-0.39, 0.29) is 93.7 Å². The minimum absolute atomic E-state index is 0.0945. The van der Waals surface area contributed by atoms with Gasteiger partial charge >= 0.3 is 0 Å². The van der Waals surface area contributed by atoms with Gasteiger partial charge in [0.1, 0.15) is 12.1 Å². The molecule has 6 rings (SSSR count). The number of imide groups is 2. The van der Waals surface area contributed by atoms with E-state index in [2.05, 4.69) is 16.0 Å². The molecule has 0 aromatic heterocycles. The van der Waals surface area contributed by atoms with E-state index in [0.29, 0.717) is 42.9 Å². The molecule has 15 nitrogen and oxygen atoms in total. The molecule has 4 aliphatic heterocycles. The fraction of sp³-hybridized carbons (Fsp3) is 0.385. The third-order valence-electron chi connectivity index (χ3n) is 9.73. The normalized spacial score (nSPS) is 19.8. The SMILES string of the molecule is O=C(/C=C/c1cccc2c1CN(C1CCC(=O)NC1=O)C2=O)CCCOCCOCCNC(=O)/C=C/c1cccc2c1CN(C1CCC(=O)NC1=O)C2=O. The maximum Gasteiger partial charge on any atom is 0.255 e. The van der Waals surface area contributed by atoms with Crippen molar-refractivity contribution < 1.29 is 47.8 Å². The predicted octanol–water partition coefficient (Wildman–Crippen LogP) is 1.43. The van der Waals surface area contributed by atoms with Gasteiger partial charge in [-0.3, -0.25) is 49.0 Å². The number of hydrogen-bond donors (Lipinski definition) is 3. The van der Waals surface area contributed by atoms with Crippen molar-refractivity contribution in [3.8, 4) is 0 Å². The van der Waals surface area contributed by atoms with Crippen LogP contribution in [0.25, 0.3) is 12.2 Å². The van der Waals surface area contributed by atoms with Crippen LogP contribution < -0.4 is 16.0 Å². The molecule has 15 heteroatoms. The van der Waals surface area contributed by atoms with Gasteiger partial charge in [-0.1, -0.05) is 30.3 Å². The van der Waals surface area contributed by atoms with Gasteiger partial charge in [0.05, 0.1) is 19.8 Å². The number of hydrogen-bond acceptors (Lipinski definition) is 10. The Morgan fingerprint density at radius 1 is 0.704 bits per heavy atom. The van der Waals surface area contributed by atoms with Crippen LogP contribution in [0.15, 0.2) is 48.6 Å². The van der Waals surface area contributed by atoms with E-state index in [0.717, 1.165) is 16.7 Å². The van der Waals surface area contributed by atoms with Crippen molar-refractivity contribution in [1.82, 2.24) is 25.8 Å². The third-order valence-corrected chi connectivity index (χ3v) is 9.73. The minimum Gasteiger partial charge on any atom is -0.379 e. The Labute approximate surface area is 311 Å². The lowest BCUT2D eigenvalue weighted by molar-refractivity contribution is -0.138. The molecule has 3 N–H and O–H groups in total. The van der Waals surface area contributed by atoms with E-state index < -0.39 is 23.9 Å². The summed E-state index contributed by atoms with van der Waals surface area (Å²) in [5.74, 6) is -2.62. The van der Waals surface area contributed by atoms with Gasteiger partial charge in [0.2, 0.25) is 29.5 Å². The van der Waals surface area contributed by atoms with Gasteiger partial charge in [-0.05, 0) is 65.8 Å². The van der Waals surface area contributed by atoms with Gasteiger partial charge in [0.15, 0.2) is 5.78 Å². The average molecular weight is 740 g/mol. The fourth-order valence-electron chi connectivity index (χ4n) is 6.94. The summed E-state index contributed by atoms with van der Waals surface area (Å²) in [4.78, 5) is 102. The van der Waals surface area contributed by atoms with E-state index in [1.54, 1.807) is 42.5 Å². The number of nitrogens with zero attached hydrogens (tertiary/aromatic N) is 2. The molecule has 7 amide bonds. The van der Waals surface area contributed by atoms with Gasteiger partial charge in [-0.2, -0.15) is 0 Å². The number of allylic oxidation sites excluding steroid dienone is 1. The van der Waals surface area contributed by atoms with E-state index >= 15 is 0 Å². The Morgan fingerprint density at radius 2 is 1.22 bits per heavy atom. The molecule has 2 saturated heterocycles. The Kier molecular flexibility index (Phi) is 12.2. The first-order chi connectivity index (χ1) is 26.1. The van der Waals surface area contributed by atoms with Crippen molar-refractivity contribution in [2.75, 3.05) is 33.0 Å². The Bertz CT molecular complexity index is 1800. The number of ether oxygens (including phenoxy) is 2. The highest BCUT2D eigenvalue weighted by molar-refractivity contribution is 6.07. The van der Waals surface area contributed by atoms with Crippen LogP contribution in [0.2, 0.25) is 0 Å². The largest absolute Gasteiger partial charge is 0.379 e. The van der Waals surface area contributed by atoms with Crippen LogP contribution in [0.5, 0.6) is 0 Å². The van der Waals surface area contributed by atoms with Gasteiger partial charge in [-0.15, -0.1) is 0 Å². The lowest BCUT2D eigenvalue weighted by Gasteiger charge is -2.29. The molecule has 2 atom stereocenters. The zero-order valence-electron chi connectivity index (χ0n) is 29.6. The summed E-state index contributed by atoms with van der Waals surface area (Å²) in [7, 11) is 0. The first-order valence-corrected chi connectivity index (χ1v) is 18.0. The number of carbonyl (C=O) groups is 8. The summed E-state index contributed by atoms with van der Waals surface area (Å²) in [6, 6.07) is 9.02. The number of fused-ring (bicyclic) bond motifs is 2. The van der Waals surface area contributed by atoms with Crippen molar-refractivity contribution >= 4 is 59.3 Å². The Balaban J connectivity index is 0.835. The standard InChI is InChI=1S/C39H41N5O10/c45-26(11-9-24-4-1-7-27-29(24)22-43(38(27)51)31-12-15-34(47)41-36(31)49)6-3-18-53-20-21-54-19-17-40-33(46)14-10-25-5-2-8-28-30(25)23-44(39(28)52)32-13-16-35(48)42-37(32)50/h1-2,4-5,7-11,14,31-32H,3,6,12-13,15-23H2,(H,40,46)(H,41,47,49)(H,42,48,50)/b11-9+,14-10+. The summed E-state index contributed by atoms with van der Waals surface area (Å²) in [5, 5.41) is 7.32. The molecule has 0 radical (unpaired) electrons. The second kappa shape index (κ2) is 17.4. The molecule has 2 aromatic carbocycles. The summed E-state index contributed by atoms with van der Waals surface area (Å²) in [6.45, 7) is 1.96. The maximum atomic E-state index is 13.0. The molecule has 282 valence electrons. The summed E-state index contributed by atoms with van der Waals surface area (Å²) in [5.41, 5.74) is 3.82. The molecule has 2 aromatic rings. The van der Waals surface area contributed by atoms with Crippen molar-refractivity contribution in [2.45, 2.75) is 63.7 Å². The van der Waals surface area contributed by atoms with Crippen LogP contribution in [0.1, 0.15) is 81.5 Å². The molecule has 4 aliphatic rings. The van der Waals surface area contributed by atoms with Crippen LogP contribution in [0, 0.1) is 0 Å². The number of piperidine rings is 2. The first-order valence-electron chi connectivity index (χ1n) is 18.0. The van der Waals surface area contributed by atoms with Crippen LogP contribution in [0.3, 0.4) is 0 Å². The highest BCUT2D eigenvalue weighted by Crippen LogP contribution is 2.32. The van der Waals surface area contributed by atoms with Gasteiger partial charge < -0.3 is 24.6 Å². The predicted molar refractivity (Wildman–Crippen MR) is 192 cm³/mol. The molecule has 0 spiro atoms. The van der Waals surface area contributed by atoms with Crippen LogP contribution in [-0.2, 0) is 51.3 Å². The topological polar surface area (TPSA) is 198 Å². The molecule has 54 heavy (non-hydrogen) atoms. The first kappa shape index (κ1) is 37.9. The van der Waals surface area contributed by atoms with Gasteiger partial charge in [0.25, 0.3) is 11.8 Å². The maximum absolute atomic E-state index is 13.0. The van der Waals surface area contributed by atoms with Crippen LogP contribution in [0.4, 0.5) is 0 Å². The number of rotatable bonds is 16. The molecule has 2 fully saturated rings. The average Bonchev–Trinajstić information content (AvgIpc) is 3.67. The molecule has 0 bridgehead atoms. The zero-order valence-corrected chi connectivity index (χ0v) is 29.6. The fourth-order valence-corrected chi connectivity index (χ4v) is 6.94. The van der Waals surface area contributed by atoms with Crippen molar-refractivity contribution in [2.24, 2.45) is 0 Å². The molecule has 0 saturated carbocycles. The molecular formula is C39H41N5O10. The lowest BCUT2D eigenvalue weighted by atomic mass is 10.0. The monoisotopic (exact) mass is 739 g/mol. The smallest absolute Gasteiger partial charge is 0.255 e. The highest BCUT2D eigenvalue weighted by Gasteiger charge is 2.41. The molecule has 0 aliphatic carbocycles. The van der Waals surface area contributed by atoms with Gasteiger partial charge in [-0.25, -0.2) is 0 Å². The quantitative estimate of drug-likeness (QED) is 0.129. The summed E-state index contributed by atoms with van der Waals surface area (Å²) < 4.78 is 11.1. The van der Waals surface area contributed by atoms with E-state index in [4.69, 9.17) is 9.47 Å². The summed E-state index contributed by atoms with van der Waals surface area (Å²) >= 11 is 0. The Morgan fingerprint density at radius 3 is 1.76 bits per heavy atom. The van der Waals surface area contributed by atoms with Crippen molar-refractivity contribution in [1.29, 1.82) is 0 Å². The van der Waals surface area contributed by atoms with E-state index in [9.17, 15) is 38.4 Å². The lowest BCUT2D eigenvalue weighted by Crippen LogP contribution is -2.52. The number of amides is 7. The van der Waals surface area contributed by atoms with Crippen molar-refractivity contribution in [3.05, 3.63) is 81.9 Å². The molecule has 2 unspecified atom stereocenters. The zero-order chi connectivity index (χ0) is 38.2.